The lowest BCUT2D eigenvalue weighted by Gasteiger charge is -2.20. The first kappa shape index (κ1) is 14.8. The minimum atomic E-state index is -0.0405. The third-order valence-electron chi connectivity index (χ3n) is 3.08. The number of nitrogens with one attached hydrogen (secondary N) is 2. The number of rotatable bonds is 7. The van der Waals surface area contributed by atoms with Gasteiger partial charge in [0.25, 0.3) is 0 Å². The summed E-state index contributed by atoms with van der Waals surface area (Å²) in [5.74, 6) is 2.32. The number of thioether (sulfide) groups is 1. The highest BCUT2D eigenvalue weighted by molar-refractivity contribution is 7.99. The number of ether oxygens (including phenoxy) is 1. The molecule has 1 saturated heterocycles. The van der Waals surface area contributed by atoms with Crippen LogP contribution >= 0.6 is 11.8 Å². The van der Waals surface area contributed by atoms with Crippen LogP contribution < -0.4 is 10.6 Å². The summed E-state index contributed by atoms with van der Waals surface area (Å²) in [5.41, 5.74) is 0. The fraction of sp³-hybridized carbons (Fsp3) is 0.917. The predicted octanol–water partition coefficient (Wildman–Crippen LogP) is 0.869. The smallest absolute Gasteiger partial charge is 0.227 e. The van der Waals surface area contributed by atoms with Crippen molar-refractivity contribution in [1.82, 2.24) is 10.6 Å². The highest BCUT2D eigenvalue weighted by Crippen LogP contribution is 2.14. The van der Waals surface area contributed by atoms with E-state index in [4.69, 9.17) is 4.74 Å². The number of carbonyl (C=O) groups is 1. The highest BCUT2D eigenvalue weighted by atomic mass is 32.2. The summed E-state index contributed by atoms with van der Waals surface area (Å²) in [6.07, 6.45) is 1.03. The largest absolute Gasteiger partial charge is 0.379 e. The average Bonchev–Trinajstić information content (AvgIpc) is 2.77. The van der Waals surface area contributed by atoms with Gasteiger partial charge < -0.3 is 15.4 Å². The minimum Gasteiger partial charge on any atom is -0.379 e. The van der Waals surface area contributed by atoms with Gasteiger partial charge in [-0.15, -0.1) is 0 Å². The molecular formula is C12H24N2O2S. The first-order chi connectivity index (χ1) is 8.19. The standard InChI is InChI=1S/C12H24N2O2S/c1-4-17-6-5-9(2)14-12(15)10-7-16-8-11(10)13-3/h9-11,13H,4-8H2,1-3H3,(H,14,15). The molecule has 4 nitrogen and oxygen atoms in total. The molecular weight excluding hydrogens is 236 g/mol. The van der Waals surface area contributed by atoms with Crippen molar-refractivity contribution in [3.8, 4) is 0 Å². The van der Waals surface area contributed by atoms with Crippen LogP contribution in [-0.4, -0.2) is 49.8 Å². The molecule has 1 aliphatic rings. The summed E-state index contributed by atoms with van der Waals surface area (Å²) < 4.78 is 5.33. The summed E-state index contributed by atoms with van der Waals surface area (Å²) in [4.78, 5) is 12.0. The lowest BCUT2D eigenvalue weighted by Crippen LogP contribution is -2.45. The fourth-order valence-corrected chi connectivity index (χ4v) is 2.73. The Morgan fingerprint density at radius 3 is 2.94 bits per heavy atom. The van der Waals surface area contributed by atoms with Gasteiger partial charge >= 0.3 is 0 Å². The van der Waals surface area contributed by atoms with E-state index in [-0.39, 0.29) is 23.9 Å². The highest BCUT2D eigenvalue weighted by Gasteiger charge is 2.33. The van der Waals surface area contributed by atoms with Gasteiger partial charge in [0.15, 0.2) is 0 Å². The topological polar surface area (TPSA) is 50.4 Å². The molecule has 17 heavy (non-hydrogen) atoms. The van der Waals surface area contributed by atoms with Gasteiger partial charge in [-0.05, 0) is 31.9 Å². The van der Waals surface area contributed by atoms with Crippen LogP contribution in [0, 0.1) is 5.92 Å². The Morgan fingerprint density at radius 1 is 1.53 bits per heavy atom. The van der Waals surface area contributed by atoms with Gasteiger partial charge in [0.2, 0.25) is 5.91 Å². The number of hydrogen-bond acceptors (Lipinski definition) is 4. The van der Waals surface area contributed by atoms with Gasteiger partial charge in [-0.1, -0.05) is 6.92 Å². The van der Waals surface area contributed by atoms with Crippen molar-refractivity contribution in [1.29, 1.82) is 0 Å². The van der Waals surface area contributed by atoms with Crippen LogP contribution in [0.3, 0.4) is 0 Å². The van der Waals surface area contributed by atoms with E-state index in [2.05, 4.69) is 24.5 Å². The lowest BCUT2D eigenvalue weighted by atomic mass is 10.0. The molecule has 0 saturated carbocycles. The normalized spacial score (nSPS) is 25.8. The zero-order valence-corrected chi connectivity index (χ0v) is 11.8. The summed E-state index contributed by atoms with van der Waals surface area (Å²) >= 11 is 1.91. The molecule has 1 heterocycles. The molecule has 0 aromatic heterocycles. The minimum absolute atomic E-state index is 0.0405. The van der Waals surface area contributed by atoms with Gasteiger partial charge in [0.1, 0.15) is 0 Å². The molecule has 3 atom stereocenters. The van der Waals surface area contributed by atoms with E-state index in [9.17, 15) is 4.79 Å². The van der Waals surface area contributed by atoms with Crippen molar-refractivity contribution in [2.24, 2.45) is 5.92 Å². The van der Waals surface area contributed by atoms with Crippen molar-refractivity contribution in [2.45, 2.75) is 32.4 Å². The molecule has 1 aliphatic heterocycles. The second kappa shape index (κ2) is 7.95. The number of hydrogen-bond donors (Lipinski definition) is 2. The van der Waals surface area contributed by atoms with Gasteiger partial charge in [-0.2, -0.15) is 11.8 Å². The van der Waals surface area contributed by atoms with Crippen molar-refractivity contribution in [3.63, 3.8) is 0 Å². The molecule has 0 bridgehead atoms. The maximum atomic E-state index is 12.0. The zero-order valence-electron chi connectivity index (χ0n) is 11.0. The van der Waals surface area contributed by atoms with Crippen LogP contribution in [0.25, 0.3) is 0 Å². The van der Waals surface area contributed by atoms with Crippen LogP contribution in [-0.2, 0) is 9.53 Å². The maximum Gasteiger partial charge on any atom is 0.227 e. The molecule has 0 aliphatic carbocycles. The average molecular weight is 260 g/mol. The molecule has 0 radical (unpaired) electrons. The van der Waals surface area contributed by atoms with Crippen molar-refractivity contribution in [3.05, 3.63) is 0 Å². The van der Waals surface area contributed by atoms with E-state index >= 15 is 0 Å². The van der Waals surface area contributed by atoms with Crippen LogP contribution in [0.4, 0.5) is 0 Å². The van der Waals surface area contributed by atoms with Crippen LogP contribution in [0.1, 0.15) is 20.3 Å². The van der Waals surface area contributed by atoms with Gasteiger partial charge in [0, 0.05) is 12.1 Å². The summed E-state index contributed by atoms with van der Waals surface area (Å²) in [7, 11) is 1.88. The Balaban J connectivity index is 2.27. The number of carbonyl (C=O) groups excluding carboxylic acids is 1. The second-order valence-electron chi connectivity index (χ2n) is 4.43. The molecule has 3 unspecified atom stereocenters. The summed E-state index contributed by atoms with van der Waals surface area (Å²) in [5, 5.41) is 6.20. The van der Waals surface area contributed by atoms with Crippen LogP contribution in [0.5, 0.6) is 0 Å². The van der Waals surface area contributed by atoms with Crippen molar-refractivity contribution < 1.29 is 9.53 Å². The summed E-state index contributed by atoms with van der Waals surface area (Å²) in [6.45, 7) is 5.39. The molecule has 0 spiro atoms. The number of amides is 1. The van der Waals surface area contributed by atoms with Gasteiger partial charge in [-0.3, -0.25) is 4.79 Å². The van der Waals surface area contributed by atoms with E-state index in [0.717, 1.165) is 17.9 Å². The lowest BCUT2D eigenvalue weighted by molar-refractivity contribution is -0.126. The molecule has 0 aromatic rings. The fourth-order valence-electron chi connectivity index (χ4n) is 1.92. The molecule has 100 valence electrons. The Bertz CT molecular complexity index is 239. The Labute approximate surface area is 108 Å². The third kappa shape index (κ3) is 4.85. The zero-order chi connectivity index (χ0) is 12.7. The molecule has 5 heteroatoms. The second-order valence-corrected chi connectivity index (χ2v) is 5.83. The van der Waals surface area contributed by atoms with Crippen LogP contribution in [0.15, 0.2) is 0 Å². The van der Waals surface area contributed by atoms with E-state index in [1.165, 1.54) is 0 Å². The first-order valence-corrected chi connectivity index (χ1v) is 7.47. The van der Waals surface area contributed by atoms with Crippen LogP contribution in [0.2, 0.25) is 0 Å². The monoisotopic (exact) mass is 260 g/mol. The van der Waals surface area contributed by atoms with Crippen molar-refractivity contribution in [2.75, 3.05) is 31.8 Å². The van der Waals surface area contributed by atoms with Gasteiger partial charge in [-0.25, -0.2) is 0 Å². The Hall–Kier alpha value is -0.260. The summed E-state index contributed by atoms with van der Waals surface area (Å²) in [6, 6.07) is 0.409. The molecule has 1 rings (SSSR count). The van der Waals surface area contributed by atoms with E-state index in [1.807, 2.05) is 18.8 Å². The molecule has 1 amide bonds. The molecule has 2 N–H and O–H groups in total. The maximum absolute atomic E-state index is 12.0. The van der Waals surface area contributed by atoms with E-state index < -0.39 is 0 Å². The molecule has 1 fully saturated rings. The Morgan fingerprint density at radius 2 is 2.29 bits per heavy atom. The predicted molar refractivity (Wildman–Crippen MR) is 72.4 cm³/mol. The van der Waals surface area contributed by atoms with E-state index in [1.54, 1.807) is 0 Å². The Kier molecular flexibility index (Phi) is 6.92. The molecule has 0 aromatic carbocycles. The quantitative estimate of drug-likeness (QED) is 0.667. The van der Waals surface area contributed by atoms with Gasteiger partial charge in [0.05, 0.1) is 19.1 Å². The first-order valence-electron chi connectivity index (χ1n) is 6.32. The SMILES string of the molecule is CCSCCC(C)NC(=O)C1COCC1NC. The van der Waals surface area contributed by atoms with E-state index in [0.29, 0.717) is 13.2 Å². The third-order valence-corrected chi connectivity index (χ3v) is 4.01. The number of likely N-dealkylation sites (N-methyl/N-ethyl adjacent to an activating group) is 1. The van der Waals surface area contributed by atoms with Crippen molar-refractivity contribution >= 4 is 17.7 Å².